The van der Waals surface area contributed by atoms with Crippen LogP contribution >= 0.6 is 0 Å². The summed E-state index contributed by atoms with van der Waals surface area (Å²) in [6.45, 7) is 5.89. The maximum atomic E-state index is 11.9. The number of urea groups is 1. The Morgan fingerprint density at radius 3 is 2.64 bits per heavy atom. The topological polar surface area (TPSA) is 74.2 Å². The lowest BCUT2D eigenvalue weighted by molar-refractivity contribution is 0.174. The number of rotatable bonds is 4. The first-order chi connectivity index (χ1) is 10.5. The van der Waals surface area contributed by atoms with Gasteiger partial charge in [0.25, 0.3) is 0 Å². The second-order valence-corrected chi connectivity index (χ2v) is 5.38. The summed E-state index contributed by atoms with van der Waals surface area (Å²) in [4.78, 5) is 16.1. The van der Waals surface area contributed by atoms with Crippen LogP contribution in [0.3, 0.4) is 0 Å². The fourth-order valence-corrected chi connectivity index (χ4v) is 2.33. The molecule has 0 spiro atoms. The summed E-state index contributed by atoms with van der Waals surface area (Å²) in [6.07, 6.45) is -0.737. The lowest BCUT2D eigenvalue weighted by Crippen LogP contribution is -2.32. The van der Waals surface area contributed by atoms with Crippen molar-refractivity contribution < 1.29 is 9.90 Å². The number of hydrogen-bond acceptors (Lipinski definition) is 3. The Bertz CT molecular complexity index is 650. The number of aromatic nitrogens is 1. The van der Waals surface area contributed by atoms with Crippen LogP contribution in [0.4, 0.5) is 10.6 Å². The number of amides is 2. The third-order valence-electron chi connectivity index (χ3n) is 3.34. The molecule has 2 amide bonds. The minimum absolute atomic E-state index is 0.140. The Balaban J connectivity index is 1.91. The number of aryl methyl sites for hydroxylation is 3. The molecule has 0 aliphatic carbocycles. The SMILES string of the molecule is Cc1cc(C)nc(NC(=O)NC[C@@H](O)c2ccccc2C)c1. The van der Waals surface area contributed by atoms with Crippen molar-refractivity contribution in [2.75, 3.05) is 11.9 Å². The lowest BCUT2D eigenvalue weighted by atomic mass is 10.0. The molecule has 0 saturated carbocycles. The fourth-order valence-electron chi connectivity index (χ4n) is 2.33. The van der Waals surface area contributed by atoms with Crippen molar-refractivity contribution in [1.82, 2.24) is 10.3 Å². The van der Waals surface area contributed by atoms with Gasteiger partial charge in [-0.2, -0.15) is 0 Å². The van der Waals surface area contributed by atoms with E-state index in [0.29, 0.717) is 5.82 Å². The van der Waals surface area contributed by atoms with E-state index in [0.717, 1.165) is 22.4 Å². The van der Waals surface area contributed by atoms with Gasteiger partial charge in [-0.3, -0.25) is 5.32 Å². The molecule has 2 aromatic rings. The van der Waals surface area contributed by atoms with E-state index in [9.17, 15) is 9.90 Å². The van der Waals surface area contributed by atoms with Gasteiger partial charge in [0.1, 0.15) is 5.82 Å². The van der Waals surface area contributed by atoms with Gasteiger partial charge in [0.2, 0.25) is 0 Å². The maximum absolute atomic E-state index is 11.9. The predicted octanol–water partition coefficient (Wildman–Crippen LogP) is 2.86. The molecule has 1 aromatic heterocycles. The van der Waals surface area contributed by atoms with E-state index in [-0.39, 0.29) is 12.6 Å². The summed E-state index contributed by atoms with van der Waals surface area (Å²) in [7, 11) is 0. The monoisotopic (exact) mass is 299 g/mol. The number of aliphatic hydroxyl groups is 1. The number of carbonyl (C=O) groups excluding carboxylic acids is 1. The number of nitrogens with one attached hydrogen (secondary N) is 2. The highest BCUT2D eigenvalue weighted by Gasteiger charge is 2.11. The van der Waals surface area contributed by atoms with E-state index >= 15 is 0 Å². The van der Waals surface area contributed by atoms with Crippen LogP contribution in [0.5, 0.6) is 0 Å². The molecular formula is C17H21N3O2. The second kappa shape index (κ2) is 7.04. The lowest BCUT2D eigenvalue weighted by Gasteiger charge is -2.15. The molecule has 0 radical (unpaired) electrons. The van der Waals surface area contributed by atoms with Gasteiger partial charge >= 0.3 is 6.03 Å². The van der Waals surface area contributed by atoms with Crippen LogP contribution in [-0.2, 0) is 0 Å². The van der Waals surface area contributed by atoms with Crippen molar-refractivity contribution in [3.8, 4) is 0 Å². The van der Waals surface area contributed by atoms with Gasteiger partial charge in [-0.15, -0.1) is 0 Å². The summed E-state index contributed by atoms with van der Waals surface area (Å²) >= 11 is 0. The Kier molecular flexibility index (Phi) is 5.12. The van der Waals surface area contributed by atoms with Crippen LogP contribution in [0.15, 0.2) is 36.4 Å². The number of benzene rings is 1. The average Bonchev–Trinajstić information content (AvgIpc) is 2.44. The number of pyridine rings is 1. The standard InChI is InChI=1S/C17H21N3O2/c1-11-8-13(3)19-16(9-11)20-17(22)18-10-15(21)14-7-5-4-6-12(14)2/h4-9,15,21H,10H2,1-3H3,(H2,18,19,20,22)/t15-/m1/s1. The summed E-state index contributed by atoms with van der Waals surface area (Å²) in [6, 6.07) is 10.9. The molecule has 0 aliphatic heterocycles. The minimum Gasteiger partial charge on any atom is -0.387 e. The third-order valence-corrected chi connectivity index (χ3v) is 3.34. The van der Waals surface area contributed by atoms with Gasteiger partial charge in [0, 0.05) is 12.2 Å². The van der Waals surface area contributed by atoms with E-state index in [1.165, 1.54) is 0 Å². The van der Waals surface area contributed by atoms with Crippen LogP contribution in [-0.4, -0.2) is 22.7 Å². The van der Waals surface area contributed by atoms with E-state index < -0.39 is 6.10 Å². The Morgan fingerprint density at radius 1 is 1.23 bits per heavy atom. The summed E-state index contributed by atoms with van der Waals surface area (Å²) in [5.41, 5.74) is 3.68. The second-order valence-electron chi connectivity index (χ2n) is 5.38. The predicted molar refractivity (Wildman–Crippen MR) is 86.9 cm³/mol. The highest BCUT2D eigenvalue weighted by atomic mass is 16.3. The van der Waals surface area contributed by atoms with Gasteiger partial charge < -0.3 is 10.4 Å². The van der Waals surface area contributed by atoms with Crippen molar-refractivity contribution in [3.05, 3.63) is 58.8 Å². The quantitative estimate of drug-likeness (QED) is 0.812. The van der Waals surface area contributed by atoms with Crippen molar-refractivity contribution >= 4 is 11.8 Å². The van der Waals surface area contributed by atoms with Gasteiger partial charge in [-0.25, -0.2) is 9.78 Å². The van der Waals surface area contributed by atoms with E-state index in [1.54, 1.807) is 6.07 Å². The molecule has 1 heterocycles. The Morgan fingerprint density at radius 2 is 1.95 bits per heavy atom. The van der Waals surface area contributed by atoms with Gasteiger partial charge in [-0.05, 0) is 49.6 Å². The molecule has 0 bridgehead atoms. The zero-order valence-electron chi connectivity index (χ0n) is 13.1. The van der Waals surface area contributed by atoms with Crippen LogP contribution < -0.4 is 10.6 Å². The zero-order chi connectivity index (χ0) is 16.1. The number of nitrogens with zero attached hydrogens (tertiary/aromatic N) is 1. The third kappa shape index (κ3) is 4.30. The number of carbonyl (C=O) groups is 1. The molecular weight excluding hydrogens is 278 g/mol. The molecule has 1 aromatic carbocycles. The highest BCUT2D eigenvalue weighted by molar-refractivity contribution is 5.88. The van der Waals surface area contributed by atoms with Crippen LogP contribution in [0.1, 0.15) is 28.5 Å². The smallest absolute Gasteiger partial charge is 0.320 e. The minimum atomic E-state index is -0.737. The molecule has 0 aliphatic rings. The molecule has 0 unspecified atom stereocenters. The molecule has 116 valence electrons. The van der Waals surface area contributed by atoms with Crippen molar-refractivity contribution in [3.63, 3.8) is 0 Å². The van der Waals surface area contributed by atoms with E-state index in [2.05, 4.69) is 15.6 Å². The van der Waals surface area contributed by atoms with Crippen LogP contribution in [0.2, 0.25) is 0 Å². The molecule has 5 heteroatoms. The average molecular weight is 299 g/mol. The highest BCUT2D eigenvalue weighted by Crippen LogP contribution is 2.16. The summed E-state index contributed by atoms with van der Waals surface area (Å²) in [5.74, 6) is 0.500. The van der Waals surface area contributed by atoms with Crippen molar-refractivity contribution in [1.29, 1.82) is 0 Å². The van der Waals surface area contributed by atoms with E-state index in [1.807, 2.05) is 51.1 Å². The van der Waals surface area contributed by atoms with E-state index in [4.69, 9.17) is 0 Å². The van der Waals surface area contributed by atoms with Crippen LogP contribution in [0.25, 0.3) is 0 Å². The van der Waals surface area contributed by atoms with Crippen molar-refractivity contribution in [2.24, 2.45) is 0 Å². The Hall–Kier alpha value is -2.40. The molecule has 0 saturated heterocycles. The van der Waals surface area contributed by atoms with Gasteiger partial charge in [0.05, 0.1) is 6.10 Å². The first-order valence-electron chi connectivity index (χ1n) is 7.19. The normalized spacial score (nSPS) is 11.8. The van der Waals surface area contributed by atoms with Crippen LogP contribution in [0, 0.1) is 20.8 Å². The fraction of sp³-hybridized carbons (Fsp3) is 0.294. The molecule has 3 N–H and O–H groups in total. The van der Waals surface area contributed by atoms with Gasteiger partial charge in [0.15, 0.2) is 0 Å². The Labute approximate surface area is 130 Å². The van der Waals surface area contributed by atoms with Gasteiger partial charge in [-0.1, -0.05) is 24.3 Å². The summed E-state index contributed by atoms with van der Waals surface area (Å²) < 4.78 is 0. The zero-order valence-corrected chi connectivity index (χ0v) is 13.1. The molecule has 22 heavy (non-hydrogen) atoms. The number of anilines is 1. The van der Waals surface area contributed by atoms with Crippen molar-refractivity contribution in [2.45, 2.75) is 26.9 Å². The first-order valence-corrected chi connectivity index (χ1v) is 7.19. The number of hydrogen-bond donors (Lipinski definition) is 3. The maximum Gasteiger partial charge on any atom is 0.320 e. The first kappa shape index (κ1) is 16.0. The molecule has 5 nitrogen and oxygen atoms in total. The largest absolute Gasteiger partial charge is 0.387 e. The number of aliphatic hydroxyl groups excluding tert-OH is 1. The summed E-state index contributed by atoms with van der Waals surface area (Å²) in [5, 5.41) is 15.5. The molecule has 2 rings (SSSR count). The molecule has 1 atom stereocenters. The molecule has 0 fully saturated rings.